The fourth-order valence-electron chi connectivity index (χ4n) is 4.86. The van der Waals surface area contributed by atoms with Crippen molar-refractivity contribution < 1.29 is 14.3 Å². The van der Waals surface area contributed by atoms with Gasteiger partial charge in [-0.15, -0.1) is 0 Å². The SMILES string of the molecule is COc1cc(Cl)c(CN2CCC3(CC2)C[C@H]3C(=O)NCCCc2ccncc2)cc1OC. The maximum absolute atomic E-state index is 12.7. The largest absolute Gasteiger partial charge is 0.493 e. The number of amides is 1. The van der Waals surface area contributed by atoms with Crippen LogP contribution in [-0.2, 0) is 17.8 Å². The Morgan fingerprint density at radius 2 is 1.88 bits per heavy atom. The Morgan fingerprint density at radius 3 is 2.56 bits per heavy atom. The molecule has 4 rings (SSSR count). The molecule has 32 heavy (non-hydrogen) atoms. The van der Waals surface area contributed by atoms with Crippen molar-refractivity contribution in [3.63, 3.8) is 0 Å². The van der Waals surface area contributed by atoms with Crippen LogP contribution in [0, 0.1) is 11.3 Å². The van der Waals surface area contributed by atoms with Gasteiger partial charge in [0, 0.05) is 42.5 Å². The van der Waals surface area contributed by atoms with Gasteiger partial charge in [0.15, 0.2) is 11.5 Å². The van der Waals surface area contributed by atoms with Crippen LogP contribution in [0.3, 0.4) is 0 Å². The highest BCUT2D eigenvalue weighted by Crippen LogP contribution is 2.59. The number of carbonyl (C=O) groups excluding carboxylic acids is 1. The molecule has 7 heteroatoms. The van der Waals surface area contributed by atoms with Crippen molar-refractivity contribution in [3.8, 4) is 11.5 Å². The Labute approximate surface area is 195 Å². The minimum Gasteiger partial charge on any atom is -0.493 e. The quantitative estimate of drug-likeness (QED) is 0.574. The zero-order chi connectivity index (χ0) is 22.6. The van der Waals surface area contributed by atoms with Crippen molar-refractivity contribution in [3.05, 3.63) is 52.8 Å². The first kappa shape index (κ1) is 22.9. The van der Waals surface area contributed by atoms with Crippen molar-refractivity contribution in [1.82, 2.24) is 15.2 Å². The van der Waals surface area contributed by atoms with Gasteiger partial charge in [0.05, 0.1) is 14.2 Å². The monoisotopic (exact) mass is 457 g/mol. The van der Waals surface area contributed by atoms with E-state index in [1.54, 1.807) is 14.2 Å². The summed E-state index contributed by atoms with van der Waals surface area (Å²) < 4.78 is 10.7. The van der Waals surface area contributed by atoms with E-state index in [1.807, 2.05) is 36.7 Å². The third-order valence-electron chi connectivity index (χ3n) is 7.00. The minimum atomic E-state index is 0.176. The Kier molecular flexibility index (Phi) is 7.21. The summed E-state index contributed by atoms with van der Waals surface area (Å²) in [6.07, 6.45) is 8.69. The lowest BCUT2D eigenvalue weighted by Gasteiger charge is -2.33. The van der Waals surface area contributed by atoms with Crippen molar-refractivity contribution in [1.29, 1.82) is 0 Å². The number of nitrogens with zero attached hydrogens (tertiary/aromatic N) is 2. The second-order valence-electron chi connectivity index (χ2n) is 8.94. The normalized spacial score (nSPS) is 19.5. The first-order chi connectivity index (χ1) is 15.5. The smallest absolute Gasteiger partial charge is 0.223 e. The van der Waals surface area contributed by atoms with Crippen LogP contribution in [0.15, 0.2) is 36.7 Å². The molecule has 1 saturated carbocycles. The third kappa shape index (κ3) is 5.18. The first-order valence-corrected chi connectivity index (χ1v) is 11.7. The lowest BCUT2D eigenvalue weighted by atomic mass is 9.90. The Hall–Kier alpha value is -2.31. The van der Waals surface area contributed by atoms with E-state index in [9.17, 15) is 4.79 Å². The van der Waals surface area contributed by atoms with E-state index in [2.05, 4.69) is 15.2 Å². The minimum absolute atomic E-state index is 0.176. The molecule has 2 heterocycles. The first-order valence-electron chi connectivity index (χ1n) is 11.3. The topological polar surface area (TPSA) is 63.7 Å². The zero-order valence-corrected chi connectivity index (χ0v) is 19.7. The van der Waals surface area contributed by atoms with Crippen molar-refractivity contribution >= 4 is 17.5 Å². The molecule has 2 aliphatic rings. The molecule has 1 saturated heterocycles. The average Bonchev–Trinajstić information content (AvgIpc) is 3.53. The highest BCUT2D eigenvalue weighted by molar-refractivity contribution is 6.31. The van der Waals surface area contributed by atoms with Crippen LogP contribution in [0.2, 0.25) is 5.02 Å². The van der Waals surface area contributed by atoms with E-state index < -0.39 is 0 Å². The molecule has 1 spiro atoms. The molecule has 172 valence electrons. The summed E-state index contributed by atoms with van der Waals surface area (Å²) >= 11 is 6.47. The summed E-state index contributed by atoms with van der Waals surface area (Å²) in [4.78, 5) is 19.1. The van der Waals surface area contributed by atoms with Crippen LogP contribution in [-0.4, -0.2) is 49.6 Å². The Balaban J connectivity index is 1.22. The van der Waals surface area contributed by atoms with E-state index in [-0.39, 0.29) is 17.2 Å². The average molecular weight is 458 g/mol. The highest BCUT2D eigenvalue weighted by Gasteiger charge is 2.58. The van der Waals surface area contributed by atoms with Gasteiger partial charge in [0.1, 0.15) is 0 Å². The van der Waals surface area contributed by atoms with Gasteiger partial charge in [0.25, 0.3) is 0 Å². The summed E-state index contributed by atoms with van der Waals surface area (Å²) in [5.74, 6) is 1.75. The Bertz CT molecular complexity index is 930. The number of hydrogen-bond acceptors (Lipinski definition) is 5. The van der Waals surface area contributed by atoms with Crippen molar-refractivity contribution in [2.75, 3.05) is 33.9 Å². The number of aromatic nitrogens is 1. The third-order valence-corrected chi connectivity index (χ3v) is 7.35. The summed E-state index contributed by atoms with van der Waals surface area (Å²) in [5, 5.41) is 3.85. The number of halogens is 1. The second-order valence-corrected chi connectivity index (χ2v) is 9.35. The molecular formula is C25H32ClN3O3. The number of rotatable bonds is 9. The number of methoxy groups -OCH3 is 2. The van der Waals surface area contributed by atoms with E-state index in [4.69, 9.17) is 21.1 Å². The van der Waals surface area contributed by atoms with E-state index in [0.29, 0.717) is 16.5 Å². The molecular weight excluding hydrogens is 426 g/mol. The van der Waals surface area contributed by atoms with Gasteiger partial charge in [-0.1, -0.05) is 11.6 Å². The molecule has 1 N–H and O–H groups in total. The van der Waals surface area contributed by atoms with Crippen molar-refractivity contribution in [2.45, 2.75) is 38.6 Å². The fraction of sp³-hybridized carbons (Fsp3) is 0.520. The van der Waals surface area contributed by atoms with Crippen LogP contribution >= 0.6 is 11.6 Å². The van der Waals surface area contributed by atoms with Crippen LogP contribution in [0.5, 0.6) is 11.5 Å². The van der Waals surface area contributed by atoms with Crippen LogP contribution in [0.1, 0.15) is 36.8 Å². The number of carbonyl (C=O) groups is 1. The molecule has 1 aliphatic heterocycles. The summed E-state index contributed by atoms with van der Waals surface area (Å²) in [6.45, 7) is 3.48. The van der Waals surface area contributed by atoms with Gasteiger partial charge in [-0.2, -0.15) is 0 Å². The molecule has 1 aromatic heterocycles. The molecule has 2 fully saturated rings. The number of ether oxygens (including phenoxy) is 2. The van der Waals surface area contributed by atoms with Gasteiger partial charge in [-0.05, 0) is 79.9 Å². The summed E-state index contributed by atoms with van der Waals surface area (Å²) in [6, 6.07) is 7.84. The molecule has 1 amide bonds. The number of likely N-dealkylation sites (tertiary alicyclic amines) is 1. The molecule has 6 nitrogen and oxygen atoms in total. The van der Waals surface area contributed by atoms with E-state index in [0.717, 1.165) is 63.8 Å². The number of pyridine rings is 1. The maximum atomic E-state index is 12.7. The standard InChI is InChI=1S/C25H32ClN3O3/c1-31-22-14-19(21(26)15-23(22)32-2)17-29-12-7-25(8-13-29)16-20(25)24(30)28-9-3-4-18-5-10-27-11-6-18/h5-6,10-11,14-15,20H,3-4,7-9,12-13,16-17H2,1-2H3,(H,28,30)/t20-/m0/s1. The summed E-state index contributed by atoms with van der Waals surface area (Å²) in [5.41, 5.74) is 2.51. The maximum Gasteiger partial charge on any atom is 0.223 e. The van der Waals surface area contributed by atoms with Crippen LogP contribution < -0.4 is 14.8 Å². The van der Waals surface area contributed by atoms with Crippen molar-refractivity contribution in [2.24, 2.45) is 11.3 Å². The second kappa shape index (κ2) is 10.1. The Morgan fingerprint density at radius 1 is 1.19 bits per heavy atom. The molecule has 0 unspecified atom stereocenters. The summed E-state index contributed by atoms with van der Waals surface area (Å²) in [7, 11) is 3.25. The number of benzene rings is 1. The molecule has 1 atom stereocenters. The highest BCUT2D eigenvalue weighted by atomic mass is 35.5. The van der Waals surface area contributed by atoms with Gasteiger partial charge < -0.3 is 14.8 Å². The zero-order valence-electron chi connectivity index (χ0n) is 18.9. The lowest BCUT2D eigenvalue weighted by molar-refractivity contribution is -0.123. The fourth-order valence-corrected chi connectivity index (χ4v) is 5.08. The van der Waals surface area contributed by atoms with Crippen LogP contribution in [0.4, 0.5) is 0 Å². The van der Waals surface area contributed by atoms with Gasteiger partial charge in [-0.3, -0.25) is 14.7 Å². The molecule has 1 aromatic carbocycles. The number of nitrogens with one attached hydrogen (secondary N) is 1. The van der Waals surface area contributed by atoms with E-state index >= 15 is 0 Å². The molecule has 0 radical (unpaired) electrons. The van der Waals surface area contributed by atoms with Gasteiger partial charge >= 0.3 is 0 Å². The number of hydrogen-bond donors (Lipinski definition) is 1. The molecule has 1 aliphatic carbocycles. The van der Waals surface area contributed by atoms with Crippen LogP contribution in [0.25, 0.3) is 0 Å². The predicted molar refractivity (Wildman–Crippen MR) is 125 cm³/mol. The van der Waals surface area contributed by atoms with Gasteiger partial charge in [-0.25, -0.2) is 0 Å². The lowest BCUT2D eigenvalue weighted by Crippen LogP contribution is -2.37. The van der Waals surface area contributed by atoms with Gasteiger partial charge in [0.2, 0.25) is 5.91 Å². The van der Waals surface area contributed by atoms with E-state index in [1.165, 1.54) is 5.56 Å². The molecule has 0 bridgehead atoms. The molecule has 2 aromatic rings. The number of piperidine rings is 1. The number of aryl methyl sites for hydroxylation is 1. The predicted octanol–water partition coefficient (Wildman–Crippen LogP) is 4.10.